The first-order chi connectivity index (χ1) is 4.84. The smallest absolute Gasteiger partial charge is 0.0110 e. The Bertz CT molecular complexity index is 99.9. The molecule has 0 aromatic carbocycles. The predicted molar refractivity (Wildman–Crippen MR) is 42.4 cm³/mol. The van der Waals surface area contributed by atoms with Gasteiger partial charge in [0, 0.05) is 20.1 Å². The van der Waals surface area contributed by atoms with Gasteiger partial charge in [-0.25, -0.2) is 0 Å². The normalized spacial score (nSPS) is 41.7. The lowest BCUT2D eigenvalue weighted by atomic mass is 9.84. The molecule has 0 atom stereocenters. The fraction of sp³-hybridized carbons (Fsp3) is 0.889. The van der Waals surface area contributed by atoms with E-state index in [4.69, 9.17) is 0 Å². The minimum Gasteiger partial charge on any atom is -0.302 e. The molecule has 0 amide bonds. The van der Waals surface area contributed by atoms with Gasteiger partial charge in [-0.2, -0.15) is 0 Å². The van der Waals surface area contributed by atoms with Crippen LogP contribution in [0.5, 0.6) is 0 Å². The van der Waals surface area contributed by atoms with Crippen molar-refractivity contribution in [3.63, 3.8) is 0 Å². The first-order valence-electron chi connectivity index (χ1n) is 4.40. The Kier molecular flexibility index (Phi) is 1.69. The van der Waals surface area contributed by atoms with Crippen molar-refractivity contribution in [1.82, 2.24) is 4.90 Å². The van der Waals surface area contributed by atoms with Crippen LogP contribution in [0.2, 0.25) is 0 Å². The number of hydrogen-bond donors (Lipinski definition) is 0. The molecule has 2 saturated heterocycles. The number of rotatable bonds is 0. The van der Waals surface area contributed by atoms with Crippen molar-refractivity contribution in [2.24, 2.45) is 11.8 Å². The summed E-state index contributed by atoms with van der Waals surface area (Å²) in [6, 6.07) is 0. The van der Waals surface area contributed by atoms with Gasteiger partial charge in [-0.3, -0.25) is 0 Å². The molecule has 0 aromatic rings. The van der Waals surface area contributed by atoms with Crippen molar-refractivity contribution < 1.29 is 0 Å². The van der Waals surface area contributed by atoms with Gasteiger partial charge in [0.25, 0.3) is 0 Å². The molecule has 2 heterocycles. The Morgan fingerprint density at radius 1 is 0.900 bits per heavy atom. The van der Waals surface area contributed by atoms with Gasteiger partial charge in [-0.1, -0.05) is 0 Å². The summed E-state index contributed by atoms with van der Waals surface area (Å²) in [4.78, 5) is 2.27. The summed E-state index contributed by atoms with van der Waals surface area (Å²) in [5, 5.41) is 0. The highest BCUT2D eigenvalue weighted by molar-refractivity contribution is 4.81. The fourth-order valence-electron chi connectivity index (χ4n) is 2.40. The maximum absolute atomic E-state index is 4.03. The van der Waals surface area contributed by atoms with Gasteiger partial charge in [-0.05, 0) is 37.5 Å². The molecule has 0 unspecified atom stereocenters. The lowest BCUT2D eigenvalue weighted by Gasteiger charge is -2.21. The zero-order valence-electron chi connectivity index (χ0n) is 6.55. The number of fused-ring (bicyclic) bond motifs is 4. The molecule has 2 aliphatic heterocycles. The second-order valence-electron chi connectivity index (χ2n) is 3.92. The van der Waals surface area contributed by atoms with E-state index in [9.17, 15) is 0 Å². The summed E-state index contributed by atoms with van der Waals surface area (Å²) in [6.07, 6.45) is 5.88. The third-order valence-corrected chi connectivity index (χ3v) is 3.00. The molecular formula is C9H16N. The van der Waals surface area contributed by atoms with E-state index in [0.29, 0.717) is 0 Å². The molecule has 1 aliphatic carbocycles. The zero-order chi connectivity index (χ0) is 6.97. The van der Waals surface area contributed by atoms with E-state index >= 15 is 0 Å². The van der Waals surface area contributed by atoms with Gasteiger partial charge in [0.15, 0.2) is 0 Å². The van der Waals surface area contributed by atoms with Crippen LogP contribution in [-0.4, -0.2) is 18.0 Å². The van der Waals surface area contributed by atoms with E-state index in [-0.39, 0.29) is 0 Å². The highest BCUT2D eigenvalue weighted by Crippen LogP contribution is 2.33. The van der Waals surface area contributed by atoms with Gasteiger partial charge in [0.1, 0.15) is 0 Å². The molecule has 0 spiro atoms. The average molecular weight is 138 g/mol. The van der Waals surface area contributed by atoms with Crippen molar-refractivity contribution in [1.29, 1.82) is 0 Å². The molecule has 1 radical (unpaired) electrons. The van der Waals surface area contributed by atoms with Crippen LogP contribution < -0.4 is 0 Å². The first kappa shape index (κ1) is 6.66. The van der Waals surface area contributed by atoms with Gasteiger partial charge in [-0.15, -0.1) is 0 Å². The van der Waals surface area contributed by atoms with Crippen molar-refractivity contribution >= 4 is 0 Å². The SMILES string of the molecule is [CH2]N1CC2CCC(CC2)C1. The van der Waals surface area contributed by atoms with Crippen LogP contribution in [-0.2, 0) is 0 Å². The Labute approximate surface area is 63.4 Å². The van der Waals surface area contributed by atoms with Gasteiger partial charge < -0.3 is 4.90 Å². The van der Waals surface area contributed by atoms with Crippen molar-refractivity contribution in [3.8, 4) is 0 Å². The third-order valence-electron chi connectivity index (χ3n) is 3.00. The Morgan fingerprint density at radius 3 is 1.70 bits per heavy atom. The zero-order valence-corrected chi connectivity index (χ0v) is 6.55. The summed E-state index contributed by atoms with van der Waals surface area (Å²) in [7, 11) is 4.03. The lowest BCUT2D eigenvalue weighted by molar-refractivity contribution is 0.326. The van der Waals surface area contributed by atoms with Crippen LogP contribution in [0.1, 0.15) is 25.7 Å². The maximum Gasteiger partial charge on any atom is 0.0110 e. The molecule has 1 nitrogen and oxygen atoms in total. The molecule has 2 bridgehead atoms. The van der Waals surface area contributed by atoms with Gasteiger partial charge in [0.2, 0.25) is 0 Å². The van der Waals surface area contributed by atoms with E-state index in [1.807, 2.05) is 0 Å². The standard InChI is InChI=1S/C9H16N/c1-10-6-8-2-3-9(7-10)5-4-8/h8-9H,1-7H2. The largest absolute Gasteiger partial charge is 0.302 e. The minimum absolute atomic E-state index is 0.983. The van der Waals surface area contributed by atoms with E-state index in [1.54, 1.807) is 0 Å². The second kappa shape index (κ2) is 2.54. The van der Waals surface area contributed by atoms with Gasteiger partial charge >= 0.3 is 0 Å². The van der Waals surface area contributed by atoms with Crippen LogP contribution in [0.25, 0.3) is 0 Å². The molecule has 57 valence electrons. The molecule has 10 heavy (non-hydrogen) atoms. The van der Waals surface area contributed by atoms with Crippen molar-refractivity contribution in [2.75, 3.05) is 13.1 Å². The molecule has 1 heteroatoms. The summed E-state index contributed by atoms with van der Waals surface area (Å²) >= 11 is 0. The summed E-state index contributed by atoms with van der Waals surface area (Å²) in [5.74, 6) is 1.97. The fourth-order valence-corrected chi connectivity index (χ4v) is 2.40. The highest BCUT2D eigenvalue weighted by Gasteiger charge is 2.27. The number of nitrogens with zero attached hydrogens (tertiary/aromatic N) is 1. The van der Waals surface area contributed by atoms with Crippen LogP contribution in [0.3, 0.4) is 0 Å². The van der Waals surface area contributed by atoms with Crippen LogP contribution in [0.4, 0.5) is 0 Å². The lowest BCUT2D eigenvalue weighted by Crippen LogP contribution is -2.20. The third kappa shape index (κ3) is 1.20. The quantitative estimate of drug-likeness (QED) is 0.494. The Hall–Kier alpha value is -0.0400. The highest BCUT2D eigenvalue weighted by atomic mass is 15.1. The van der Waals surface area contributed by atoms with E-state index in [2.05, 4.69) is 11.9 Å². The average Bonchev–Trinajstić information content (AvgIpc) is 2.17. The van der Waals surface area contributed by atoms with Crippen LogP contribution in [0, 0.1) is 18.9 Å². The van der Waals surface area contributed by atoms with Gasteiger partial charge in [0.05, 0.1) is 0 Å². The van der Waals surface area contributed by atoms with Crippen molar-refractivity contribution in [3.05, 3.63) is 7.05 Å². The summed E-state index contributed by atoms with van der Waals surface area (Å²) in [5.41, 5.74) is 0. The number of hydrogen-bond acceptors (Lipinski definition) is 1. The molecule has 3 fully saturated rings. The second-order valence-corrected chi connectivity index (χ2v) is 3.92. The van der Waals surface area contributed by atoms with E-state index in [1.165, 1.54) is 38.8 Å². The Balaban J connectivity index is 2.05. The summed E-state index contributed by atoms with van der Waals surface area (Å²) < 4.78 is 0. The van der Waals surface area contributed by atoms with Crippen LogP contribution in [0.15, 0.2) is 0 Å². The monoisotopic (exact) mass is 138 g/mol. The molecular weight excluding hydrogens is 122 g/mol. The molecule has 3 aliphatic rings. The Morgan fingerprint density at radius 2 is 1.30 bits per heavy atom. The van der Waals surface area contributed by atoms with E-state index in [0.717, 1.165) is 11.8 Å². The molecule has 1 saturated carbocycles. The molecule has 3 rings (SSSR count). The maximum atomic E-state index is 4.03. The minimum atomic E-state index is 0.983. The van der Waals surface area contributed by atoms with Crippen LogP contribution >= 0.6 is 0 Å². The van der Waals surface area contributed by atoms with E-state index < -0.39 is 0 Å². The molecule has 0 N–H and O–H groups in total. The van der Waals surface area contributed by atoms with Crippen molar-refractivity contribution in [2.45, 2.75) is 25.7 Å². The molecule has 0 aromatic heterocycles. The topological polar surface area (TPSA) is 3.24 Å². The first-order valence-corrected chi connectivity index (χ1v) is 4.40. The summed E-state index contributed by atoms with van der Waals surface area (Å²) in [6.45, 7) is 2.52. The predicted octanol–water partition coefficient (Wildman–Crippen LogP) is 1.90.